The maximum atomic E-state index is 13.8. The van der Waals surface area contributed by atoms with Crippen LogP contribution in [-0.4, -0.2) is 51.7 Å². The highest BCUT2D eigenvalue weighted by Gasteiger charge is 2.27. The van der Waals surface area contributed by atoms with E-state index in [1.807, 2.05) is 43.0 Å². The average Bonchev–Trinajstić information content (AvgIpc) is 3.34. The van der Waals surface area contributed by atoms with Crippen molar-refractivity contribution < 1.29 is 9.72 Å². The summed E-state index contributed by atoms with van der Waals surface area (Å²) in [5.41, 5.74) is 7.20. The van der Waals surface area contributed by atoms with E-state index < -0.39 is 4.92 Å². The van der Waals surface area contributed by atoms with E-state index in [1.54, 1.807) is 22.9 Å². The molecule has 1 aliphatic rings. The quantitative estimate of drug-likeness (QED) is 0.276. The number of piperazine rings is 1. The molecule has 0 N–H and O–H groups in total. The smallest absolute Gasteiger partial charge is 0.272 e. The van der Waals surface area contributed by atoms with Crippen molar-refractivity contribution in [1.29, 1.82) is 0 Å². The molecule has 0 unspecified atom stereocenters. The number of para-hydroxylation sites is 1. The number of aromatic nitrogens is 2. The van der Waals surface area contributed by atoms with Crippen LogP contribution >= 0.6 is 0 Å². The minimum Gasteiger partial charge on any atom is -0.368 e. The van der Waals surface area contributed by atoms with Crippen LogP contribution in [0.4, 0.5) is 11.4 Å². The second kappa shape index (κ2) is 9.89. The maximum absolute atomic E-state index is 13.8. The van der Waals surface area contributed by atoms with Gasteiger partial charge in [0.25, 0.3) is 11.6 Å². The molecule has 1 amide bonds. The number of nitrogens with zero attached hydrogens (tertiary/aromatic N) is 5. The van der Waals surface area contributed by atoms with Gasteiger partial charge in [-0.3, -0.25) is 14.9 Å². The van der Waals surface area contributed by atoms with Crippen LogP contribution in [0.5, 0.6) is 0 Å². The van der Waals surface area contributed by atoms with Gasteiger partial charge in [-0.15, -0.1) is 0 Å². The van der Waals surface area contributed by atoms with E-state index in [0.29, 0.717) is 30.0 Å². The fourth-order valence-corrected chi connectivity index (χ4v) is 4.89. The minimum absolute atomic E-state index is 0.0142. The van der Waals surface area contributed by atoms with Gasteiger partial charge in [-0.1, -0.05) is 35.9 Å². The molecule has 1 aliphatic heterocycles. The van der Waals surface area contributed by atoms with Crippen LogP contribution in [0.1, 0.15) is 27.2 Å². The summed E-state index contributed by atoms with van der Waals surface area (Å²) in [6.07, 6.45) is 0. The Balaban J connectivity index is 1.47. The van der Waals surface area contributed by atoms with Gasteiger partial charge >= 0.3 is 0 Å². The average molecular weight is 496 g/mol. The first-order chi connectivity index (χ1) is 17.8. The largest absolute Gasteiger partial charge is 0.368 e. The minimum atomic E-state index is -0.427. The van der Waals surface area contributed by atoms with Crippen LogP contribution < -0.4 is 4.90 Å². The Kier molecular flexibility index (Phi) is 6.48. The SMILES string of the molecule is Cc1ccc(-n2nc(-c3ccc([N+](=O)[O-])cc3)cc2C(=O)N2CCN(c3ccccc3C)CC2)c(C)c1. The van der Waals surface area contributed by atoms with Crippen molar-refractivity contribution in [2.24, 2.45) is 0 Å². The number of rotatable bonds is 5. The van der Waals surface area contributed by atoms with Gasteiger partial charge in [0.1, 0.15) is 5.69 Å². The number of aryl methyl sites for hydroxylation is 3. The topological polar surface area (TPSA) is 84.5 Å². The number of hydrogen-bond donors (Lipinski definition) is 0. The molecule has 0 atom stereocenters. The van der Waals surface area contributed by atoms with Crippen molar-refractivity contribution in [1.82, 2.24) is 14.7 Å². The molecule has 188 valence electrons. The van der Waals surface area contributed by atoms with Crippen LogP contribution in [-0.2, 0) is 0 Å². The lowest BCUT2D eigenvalue weighted by Gasteiger charge is -2.36. The first-order valence-corrected chi connectivity index (χ1v) is 12.3. The normalized spacial score (nSPS) is 13.6. The molecule has 4 aromatic rings. The molecule has 0 bridgehead atoms. The van der Waals surface area contributed by atoms with Gasteiger partial charge in [-0.25, -0.2) is 4.68 Å². The Morgan fingerprint density at radius 3 is 2.19 bits per heavy atom. The lowest BCUT2D eigenvalue weighted by molar-refractivity contribution is -0.384. The summed E-state index contributed by atoms with van der Waals surface area (Å²) >= 11 is 0. The number of anilines is 1. The molecule has 1 fully saturated rings. The third-order valence-electron chi connectivity index (χ3n) is 6.91. The van der Waals surface area contributed by atoms with Gasteiger partial charge in [0.2, 0.25) is 0 Å². The Bertz CT molecular complexity index is 1470. The monoisotopic (exact) mass is 495 g/mol. The summed E-state index contributed by atoms with van der Waals surface area (Å²) in [5.74, 6) is -0.0786. The zero-order valence-electron chi connectivity index (χ0n) is 21.2. The molecule has 0 radical (unpaired) electrons. The van der Waals surface area contributed by atoms with Gasteiger partial charge < -0.3 is 9.80 Å². The first kappa shape index (κ1) is 24.2. The van der Waals surface area contributed by atoms with E-state index in [4.69, 9.17) is 5.10 Å². The summed E-state index contributed by atoms with van der Waals surface area (Å²) in [5, 5.41) is 15.9. The molecule has 1 saturated heterocycles. The number of nitro groups is 1. The van der Waals surface area contributed by atoms with Crippen molar-refractivity contribution in [3.63, 3.8) is 0 Å². The van der Waals surface area contributed by atoms with Crippen LogP contribution in [0.2, 0.25) is 0 Å². The number of hydrogen-bond acceptors (Lipinski definition) is 5. The number of nitro benzene ring substituents is 1. The van der Waals surface area contributed by atoms with Crippen LogP contribution in [0.15, 0.2) is 72.8 Å². The van der Waals surface area contributed by atoms with E-state index in [1.165, 1.54) is 23.4 Å². The molecule has 0 saturated carbocycles. The van der Waals surface area contributed by atoms with Gasteiger partial charge in [0.15, 0.2) is 0 Å². The third-order valence-corrected chi connectivity index (χ3v) is 6.91. The molecule has 8 heteroatoms. The molecule has 5 rings (SSSR count). The van der Waals surface area contributed by atoms with Gasteiger partial charge in [-0.05, 0) is 62.2 Å². The lowest BCUT2D eigenvalue weighted by atomic mass is 10.1. The predicted molar refractivity (Wildman–Crippen MR) is 144 cm³/mol. The van der Waals surface area contributed by atoms with Crippen LogP contribution in [0, 0.1) is 30.9 Å². The van der Waals surface area contributed by atoms with E-state index in [0.717, 1.165) is 29.9 Å². The highest BCUT2D eigenvalue weighted by molar-refractivity contribution is 5.94. The summed E-state index contributed by atoms with van der Waals surface area (Å²) in [6.45, 7) is 8.87. The van der Waals surface area contributed by atoms with E-state index in [-0.39, 0.29) is 11.6 Å². The molecule has 37 heavy (non-hydrogen) atoms. The number of carbonyl (C=O) groups is 1. The first-order valence-electron chi connectivity index (χ1n) is 12.3. The second-order valence-corrected chi connectivity index (χ2v) is 9.49. The summed E-state index contributed by atoms with van der Waals surface area (Å²) in [4.78, 5) is 28.7. The highest BCUT2D eigenvalue weighted by atomic mass is 16.6. The summed E-state index contributed by atoms with van der Waals surface area (Å²) in [7, 11) is 0. The second-order valence-electron chi connectivity index (χ2n) is 9.49. The zero-order valence-corrected chi connectivity index (χ0v) is 21.2. The molecule has 0 aliphatic carbocycles. The van der Waals surface area contributed by atoms with Crippen LogP contribution in [0.3, 0.4) is 0 Å². The van der Waals surface area contributed by atoms with Crippen molar-refractivity contribution in [2.45, 2.75) is 20.8 Å². The van der Waals surface area contributed by atoms with Crippen molar-refractivity contribution >= 4 is 17.3 Å². The standard InChI is InChI=1S/C29H29N5O3/c1-20-8-13-27(22(3)18-20)33-28(19-25(30-33)23-9-11-24(12-10-23)34(36)37)29(35)32-16-14-31(15-17-32)26-7-5-4-6-21(26)2/h4-13,18-19H,14-17H2,1-3H3. The van der Waals surface area contributed by atoms with Crippen molar-refractivity contribution in [3.8, 4) is 16.9 Å². The molecule has 1 aromatic heterocycles. The molecule has 2 heterocycles. The Hall–Kier alpha value is -4.46. The summed E-state index contributed by atoms with van der Waals surface area (Å²) in [6, 6.07) is 22.4. The fraction of sp³-hybridized carbons (Fsp3) is 0.241. The van der Waals surface area contributed by atoms with E-state index in [2.05, 4.69) is 30.0 Å². The Morgan fingerprint density at radius 1 is 0.838 bits per heavy atom. The van der Waals surface area contributed by atoms with Crippen molar-refractivity contribution in [2.75, 3.05) is 31.1 Å². The maximum Gasteiger partial charge on any atom is 0.272 e. The van der Waals surface area contributed by atoms with Gasteiger partial charge in [0, 0.05) is 49.6 Å². The Labute approximate surface area is 215 Å². The van der Waals surface area contributed by atoms with E-state index >= 15 is 0 Å². The third kappa shape index (κ3) is 4.82. The Morgan fingerprint density at radius 2 is 1.54 bits per heavy atom. The molecule has 0 spiro atoms. The number of carbonyl (C=O) groups excluding carboxylic acids is 1. The fourth-order valence-electron chi connectivity index (χ4n) is 4.89. The van der Waals surface area contributed by atoms with E-state index in [9.17, 15) is 14.9 Å². The zero-order chi connectivity index (χ0) is 26.1. The van der Waals surface area contributed by atoms with Crippen LogP contribution in [0.25, 0.3) is 16.9 Å². The van der Waals surface area contributed by atoms with Gasteiger partial charge in [-0.2, -0.15) is 5.10 Å². The molecular weight excluding hydrogens is 466 g/mol. The predicted octanol–water partition coefficient (Wildman–Crippen LogP) is 5.34. The van der Waals surface area contributed by atoms with Gasteiger partial charge in [0.05, 0.1) is 16.3 Å². The molecular formula is C29H29N5O3. The molecule has 3 aromatic carbocycles. The van der Waals surface area contributed by atoms with Crippen molar-refractivity contribution in [3.05, 3.63) is 105 Å². The summed E-state index contributed by atoms with van der Waals surface area (Å²) < 4.78 is 1.71. The highest BCUT2D eigenvalue weighted by Crippen LogP contribution is 2.27. The molecule has 8 nitrogen and oxygen atoms in total. The number of non-ortho nitro benzene ring substituents is 1. The lowest BCUT2D eigenvalue weighted by Crippen LogP contribution is -2.49. The number of benzene rings is 3. The number of amides is 1.